The molecule has 206 valence electrons. The van der Waals surface area contributed by atoms with Crippen molar-refractivity contribution in [2.75, 3.05) is 19.6 Å². The van der Waals surface area contributed by atoms with E-state index in [4.69, 9.17) is 9.84 Å². The molecule has 3 fully saturated rings. The van der Waals surface area contributed by atoms with Crippen LogP contribution in [0.2, 0.25) is 0 Å². The molecule has 1 saturated carbocycles. The van der Waals surface area contributed by atoms with Crippen LogP contribution in [0.3, 0.4) is 0 Å². The van der Waals surface area contributed by atoms with Crippen LogP contribution in [0, 0.1) is 11.8 Å². The van der Waals surface area contributed by atoms with Gasteiger partial charge >= 0.3 is 5.97 Å². The minimum Gasteiger partial charge on any atom is -0.460 e. The maximum atomic E-state index is 12.4. The van der Waals surface area contributed by atoms with E-state index in [0.717, 1.165) is 74.8 Å². The molecule has 2 saturated heterocycles. The van der Waals surface area contributed by atoms with Crippen LogP contribution in [0.25, 0.3) is 10.9 Å². The van der Waals surface area contributed by atoms with E-state index in [2.05, 4.69) is 28.4 Å². The number of aryl methyl sites for hydroxylation is 1. The van der Waals surface area contributed by atoms with Crippen molar-refractivity contribution in [1.82, 2.24) is 20.0 Å². The molecule has 5 rings (SSSR count). The topological polar surface area (TPSA) is 93.5 Å². The lowest BCUT2D eigenvalue weighted by atomic mass is 9.81. The fourth-order valence-electron chi connectivity index (χ4n) is 6.55. The minimum atomic E-state index is -0.407. The van der Waals surface area contributed by atoms with Crippen molar-refractivity contribution >= 4 is 28.7 Å². The Labute approximate surface area is 225 Å². The van der Waals surface area contributed by atoms with Gasteiger partial charge in [-0.3, -0.25) is 24.4 Å². The second-order valence-corrected chi connectivity index (χ2v) is 12.6. The first kappa shape index (κ1) is 26.9. The zero-order valence-corrected chi connectivity index (χ0v) is 23.3. The molecular weight excluding hydrogens is 480 g/mol. The van der Waals surface area contributed by atoms with E-state index in [0.29, 0.717) is 24.7 Å². The Morgan fingerprint density at radius 3 is 2.42 bits per heavy atom. The van der Waals surface area contributed by atoms with Crippen molar-refractivity contribution in [2.24, 2.45) is 18.9 Å². The number of nitrogens with one attached hydrogen (secondary N) is 1. The molecule has 0 bridgehead atoms. The van der Waals surface area contributed by atoms with E-state index in [1.165, 1.54) is 5.56 Å². The van der Waals surface area contributed by atoms with Gasteiger partial charge in [-0.2, -0.15) is 5.10 Å². The molecule has 1 aromatic heterocycles. The number of piperidine rings is 2. The first-order valence-corrected chi connectivity index (χ1v) is 14.3. The first-order valence-electron chi connectivity index (χ1n) is 14.3. The van der Waals surface area contributed by atoms with Gasteiger partial charge in [0.2, 0.25) is 11.8 Å². The van der Waals surface area contributed by atoms with E-state index in [-0.39, 0.29) is 29.6 Å². The highest BCUT2D eigenvalue weighted by Crippen LogP contribution is 2.36. The van der Waals surface area contributed by atoms with E-state index < -0.39 is 5.60 Å². The van der Waals surface area contributed by atoms with Crippen molar-refractivity contribution in [1.29, 1.82) is 0 Å². The maximum Gasteiger partial charge on any atom is 0.309 e. The zero-order chi connectivity index (χ0) is 27.0. The van der Waals surface area contributed by atoms with Crippen LogP contribution < -0.4 is 5.32 Å². The van der Waals surface area contributed by atoms with Crippen molar-refractivity contribution in [3.8, 4) is 0 Å². The quantitative estimate of drug-likeness (QED) is 0.462. The summed E-state index contributed by atoms with van der Waals surface area (Å²) in [6.07, 6.45) is 7.25. The lowest BCUT2D eigenvalue weighted by Crippen LogP contribution is -2.39. The van der Waals surface area contributed by atoms with Gasteiger partial charge in [-0.15, -0.1) is 0 Å². The average Bonchev–Trinajstić information content (AvgIpc) is 3.19. The summed E-state index contributed by atoms with van der Waals surface area (Å²) in [5.74, 6) is 0.420. The number of amides is 2. The summed E-state index contributed by atoms with van der Waals surface area (Å²) in [5.41, 5.74) is 2.75. The number of imide groups is 1. The molecule has 1 atom stereocenters. The van der Waals surface area contributed by atoms with Crippen LogP contribution in [0.15, 0.2) is 18.2 Å². The van der Waals surface area contributed by atoms with Crippen molar-refractivity contribution in [2.45, 2.75) is 89.6 Å². The van der Waals surface area contributed by atoms with Crippen LogP contribution in [0.1, 0.15) is 95.2 Å². The zero-order valence-electron chi connectivity index (χ0n) is 23.3. The summed E-state index contributed by atoms with van der Waals surface area (Å²) in [7, 11) is 1.93. The number of carbonyl (C=O) groups excluding carboxylic acids is 3. The van der Waals surface area contributed by atoms with Gasteiger partial charge in [-0.25, -0.2) is 0 Å². The molecule has 1 aliphatic carbocycles. The molecule has 2 aliphatic heterocycles. The van der Waals surface area contributed by atoms with E-state index >= 15 is 0 Å². The number of carbonyl (C=O) groups is 3. The second-order valence-electron chi connectivity index (χ2n) is 12.6. The molecule has 1 unspecified atom stereocenters. The number of benzene rings is 1. The molecule has 3 heterocycles. The Morgan fingerprint density at radius 1 is 1.05 bits per heavy atom. The van der Waals surface area contributed by atoms with Gasteiger partial charge in [0.1, 0.15) is 5.60 Å². The summed E-state index contributed by atoms with van der Waals surface area (Å²) in [5, 5.41) is 8.16. The molecule has 2 amide bonds. The highest BCUT2D eigenvalue weighted by atomic mass is 16.6. The van der Waals surface area contributed by atoms with Crippen molar-refractivity contribution in [3.05, 3.63) is 29.5 Å². The number of rotatable bonds is 5. The van der Waals surface area contributed by atoms with E-state index in [9.17, 15) is 14.4 Å². The van der Waals surface area contributed by atoms with Crippen molar-refractivity contribution in [3.63, 3.8) is 0 Å². The van der Waals surface area contributed by atoms with Crippen LogP contribution in [-0.2, 0) is 26.2 Å². The first-order chi connectivity index (χ1) is 18.1. The third kappa shape index (κ3) is 5.95. The van der Waals surface area contributed by atoms with Crippen LogP contribution in [-0.4, -0.2) is 57.7 Å². The number of nitrogens with zero attached hydrogens (tertiary/aromatic N) is 3. The third-order valence-corrected chi connectivity index (χ3v) is 8.64. The molecule has 0 spiro atoms. The predicted octanol–water partition coefficient (Wildman–Crippen LogP) is 4.42. The number of fused-ring (bicyclic) bond motifs is 1. The fourth-order valence-corrected chi connectivity index (χ4v) is 6.55. The Hall–Kier alpha value is -2.74. The Morgan fingerprint density at radius 2 is 1.76 bits per heavy atom. The summed E-state index contributed by atoms with van der Waals surface area (Å²) in [4.78, 5) is 39.0. The molecule has 1 N–H and O–H groups in total. The number of aromatic nitrogens is 2. The van der Waals surface area contributed by atoms with Crippen LogP contribution >= 0.6 is 0 Å². The van der Waals surface area contributed by atoms with E-state index in [1.54, 1.807) is 0 Å². The number of likely N-dealkylation sites (tertiary alicyclic amines) is 1. The lowest BCUT2D eigenvalue weighted by molar-refractivity contribution is -0.161. The van der Waals surface area contributed by atoms with Gasteiger partial charge in [0.25, 0.3) is 0 Å². The normalized spacial score (nSPS) is 25.9. The molecule has 1 aromatic carbocycles. The highest BCUT2D eigenvalue weighted by Gasteiger charge is 2.33. The molecule has 8 heteroatoms. The van der Waals surface area contributed by atoms with Crippen molar-refractivity contribution < 1.29 is 19.1 Å². The van der Waals surface area contributed by atoms with Gasteiger partial charge in [-0.05, 0) is 102 Å². The summed E-state index contributed by atoms with van der Waals surface area (Å²) >= 11 is 0. The van der Waals surface area contributed by atoms with Gasteiger partial charge in [0.15, 0.2) is 0 Å². The second kappa shape index (κ2) is 10.8. The molecule has 0 radical (unpaired) electrons. The minimum absolute atomic E-state index is 0.0219. The van der Waals surface area contributed by atoms with Gasteiger partial charge < -0.3 is 9.64 Å². The molecule has 38 heavy (non-hydrogen) atoms. The molecule has 3 aliphatic rings. The Bertz CT molecular complexity index is 1200. The maximum absolute atomic E-state index is 12.4. The number of ether oxygens (including phenoxy) is 1. The smallest absolute Gasteiger partial charge is 0.309 e. The Kier molecular flexibility index (Phi) is 7.63. The third-order valence-electron chi connectivity index (χ3n) is 8.64. The number of hydrogen-bond acceptors (Lipinski definition) is 6. The van der Waals surface area contributed by atoms with Gasteiger partial charge in [-0.1, -0.05) is 12.1 Å². The number of hydrogen-bond donors (Lipinski definition) is 1. The monoisotopic (exact) mass is 522 g/mol. The fraction of sp³-hybridized carbons (Fsp3) is 0.667. The van der Waals surface area contributed by atoms with Crippen LogP contribution in [0.4, 0.5) is 0 Å². The molecule has 8 nitrogen and oxygen atoms in total. The van der Waals surface area contributed by atoms with Gasteiger partial charge in [0, 0.05) is 25.4 Å². The summed E-state index contributed by atoms with van der Waals surface area (Å²) in [6.45, 7) is 9.14. The standard InChI is InChI=1S/C30H42N4O4/c1-30(2,3)38-29(37)21-7-5-19(6-8-21)18-34-15-13-20(14-16-34)22-9-10-23-25(17-22)33(4)32-27(23)24-11-12-26(35)31-28(24)36/h9-10,17,19-21,24H,5-8,11-16,18H2,1-4H3,(H,31,35,36). The highest BCUT2D eigenvalue weighted by molar-refractivity contribution is 6.02. The predicted molar refractivity (Wildman–Crippen MR) is 146 cm³/mol. The Balaban J connectivity index is 1.14. The SMILES string of the molecule is Cn1nc(C2CCC(=O)NC2=O)c2ccc(C3CCN(CC4CCC(C(=O)OC(C)(C)C)CC4)CC3)cc21. The number of esters is 1. The largest absolute Gasteiger partial charge is 0.460 e. The summed E-state index contributed by atoms with van der Waals surface area (Å²) in [6, 6.07) is 6.57. The summed E-state index contributed by atoms with van der Waals surface area (Å²) < 4.78 is 7.48. The van der Waals surface area contributed by atoms with E-state index in [1.807, 2.05) is 32.5 Å². The lowest BCUT2D eigenvalue weighted by Gasteiger charge is -2.36. The molecule has 2 aromatic rings. The van der Waals surface area contributed by atoms with Gasteiger partial charge in [0.05, 0.1) is 23.0 Å². The molecular formula is C30H42N4O4. The average molecular weight is 523 g/mol. The van der Waals surface area contributed by atoms with Crippen LogP contribution in [0.5, 0.6) is 0 Å².